The first-order chi connectivity index (χ1) is 7.83. The van der Waals surface area contributed by atoms with Gasteiger partial charge in [-0.15, -0.1) is 0 Å². The van der Waals surface area contributed by atoms with E-state index in [1.807, 2.05) is 0 Å². The Balaban J connectivity index is 2.11. The molecule has 3 atom stereocenters. The third-order valence-corrected chi connectivity index (χ3v) is 5.34. The molecular weight excluding hydrogens is 244 g/mol. The smallest absolute Gasteiger partial charge is 0.435 e. The number of hydrogen-bond acceptors (Lipinski definition) is 4. The molecule has 0 aliphatic heterocycles. The van der Waals surface area contributed by atoms with Crippen LogP contribution in [0.3, 0.4) is 0 Å². The number of esters is 1. The highest BCUT2D eigenvalue weighted by molar-refractivity contribution is 6.35. The van der Waals surface area contributed by atoms with Crippen LogP contribution in [0.5, 0.6) is 0 Å². The zero-order valence-corrected chi connectivity index (χ0v) is 11.0. The highest BCUT2D eigenvalue weighted by atomic mass is 35.5. The molecule has 96 valence electrons. The van der Waals surface area contributed by atoms with Crippen LogP contribution in [0, 0.1) is 16.7 Å². The van der Waals surface area contributed by atoms with Crippen molar-refractivity contribution in [3.05, 3.63) is 0 Å². The highest BCUT2D eigenvalue weighted by Crippen LogP contribution is 2.66. The van der Waals surface area contributed by atoms with Gasteiger partial charge in [0.25, 0.3) is 0 Å². The van der Waals surface area contributed by atoms with E-state index in [9.17, 15) is 9.59 Å². The molecule has 0 amide bonds. The summed E-state index contributed by atoms with van der Waals surface area (Å²) >= 11 is 4.85. The number of rotatable bonds is 1. The van der Waals surface area contributed by atoms with Crippen molar-refractivity contribution >= 4 is 23.8 Å². The quantitative estimate of drug-likeness (QED) is 0.537. The zero-order valence-electron chi connectivity index (χ0n) is 10.3. The molecule has 0 heterocycles. The van der Waals surface area contributed by atoms with Crippen LogP contribution in [0.4, 0.5) is 0 Å². The van der Waals surface area contributed by atoms with Gasteiger partial charge in [0.1, 0.15) is 18.0 Å². The molecule has 2 saturated carbocycles. The molecular formula is C12H17ClO4. The van der Waals surface area contributed by atoms with Gasteiger partial charge in [-0.25, -0.2) is 9.59 Å². The van der Waals surface area contributed by atoms with E-state index < -0.39 is 11.9 Å². The summed E-state index contributed by atoms with van der Waals surface area (Å²) in [5.74, 6) is -1.58. The van der Waals surface area contributed by atoms with Gasteiger partial charge in [0.15, 0.2) is 0 Å². The van der Waals surface area contributed by atoms with Gasteiger partial charge in [0, 0.05) is 5.41 Å². The van der Waals surface area contributed by atoms with Crippen LogP contribution in [0.1, 0.15) is 40.0 Å². The Labute approximate surface area is 106 Å². The van der Waals surface area contributed by atoms with Crippen LogP contribution in [0.2, 0.25) is 0 Å². The second-order valence-corrected chi connectivity index (χ2v) is 6.02. The minimum Gasteiger partial charge on any atom is -0.453 e. The number of halogens is 1. The summed E-state index contributed by atoms with van der Waals surface area (Å²) in [6.07, 6.45) is 2.81. The molecule has 4 nitrogen and oxygen atoms in total. The Hall–Kier alpha value is -0.770. The molecule has 3 unspecified atom stereocenters. The van der Waals surface area contributed by atoms with E-state index >= 15 is 0 Å². The molecule has 0 spiro atoms. The van der Waals surface area contributed by atoms with Crippen molar-refractivity contribution in [3.63, 3.8) is 0 Å². The standard InChI is InChI=1S/C12H17ClO4/c1-11(2)7-4-5-12(11,3)8(6-7)16-9(14)10(15)17-13/h7-8H,4-6H2,1-3H3. The average molecular weight is 261 g/mol. The van der Waals surface area contributed by atoms with Crippen molar-refractivity contribution < 1.29 is 18.6 Å². The van der Waals surface area contributed by atoms with Crippen molar-refractivity contribution in [2.24, 2.45) is 16.7 Å². The Morgan fingerprint density at radius 1 is 1.24 bits per heavy atom. The predicted octanol–water partition coefficient (Wildman–Crippen LogP) is 2.44. The van der Waals surface area contributed by atoms with Crippen molar-refractivity contribution in [3.8, 4) is 0 Å². The number of hydrogen-bond donors (Lipinski definition) is 0. The van der Waals surface area contributed by atoms with E-state index in [0.29, 0.717) is 5.92 Å². The maximum Gasteiger partial charge on any atom is 0.435 e. The lowest BCUT2D eigenvalue weighted by molar-refractivity contribution is -0.170. The number of ether oxygens (including phenoxy) is 1. The van der Waals surface area contributed by atoms with Crippen molar-refractivity contribution in [1.82, 2.24) is 0 Å². The first kappa shape index (κ1) is 12.7. The largest absolute Gasteiger partial charge is 0.453 e. The van der Waals surface area contributed by atoms with Crippen LogP contribution in [-0.2, 0) is 18.6 Å². The number of fused-ring (bicyclic) bond motifs is 2. The van der Waals surface area contributed by atoms with E-state index in [1.54, 1.807) is 0 Å². The summed E-state index contributed by atoms with van der Waals surface area (Å²) in [6, 6.07) is 0. The highest BCUT2D eigenvalue weighted by Gasteiger charge is 2.63. The molecule has 0 radical (unpaired) electrons. The molecule has 0 N–H and O–H groups in total. The van der Waals surface area contributed by atoms with Gasteiger partial charge in [0.05, 0.1) is 0 Å². The van der Waals surface area contributed by atoms with Gasteiger partial charge in [-0.05, 0) is 30.6 Å². The second kappa shape index (κ2) is 3.87. The van der Waals surface area contributed by atoms with Gasteiger partial charge in [-0.1, -0.05) is 20.8 Å². The SMILES string of the molecule is CC1(C)C2CCC1(C)C(OC(=O)C(=O)OCl)C2. The summed E-state index contributed by atoms with van der Waals surface area (Å²) in [5.41, 5.74) is 0.0860. The van der Waals surface area contributed by atoms with E-state index in [4.69, 9.17) is 16.6 Å². The molecule has 0 saturated heterocycles. The topological polar surface area (TPSA) is 52.6 Å². The lowest BCUT2D eigenvalue weighted by Crippen LogP contribution is -2.39. The van der Waals surface area contributed by atoms with Gasteiger partial charge in [-0.3, -0.25) is 0 Å². The Bertz CT molecular complexity index is 366. The van der Waals surface area contributed by atoms with E-state index in [2.05, 4.69) is 25.1 Å². The molecule has 5 heteroatoms. The first-order valence-corrected chi connectivity index (χ1v) is 6.17. The fraction of sp³-hybridized carbons (Fsp3) is 0.833. The molecule has 2 aliphatic carbocycles. The summed E-state index contributed by atoms with van der Waals surface area (Å²) < 4.78 is 9.08. The minimum absolute atomic E-state index is 0.0556. The maximum atomic E-state index is 11.4. The van der Waals surface area contributed by atoms with E-state index in [1.165, 1.54) is 0 Å². The first-order valence-electron chi connectivity index (χ1n) is 5.86. The molecule has 2 fully saturated rings. The van der Waals surface area contributed by atoms with Gasteiger partial charge < -0.3 is 9.03 Å². The predicted molar refractivity (Wildman–Crippen MR) is 61.1 cm³/mol. The Kier molecular flexibility index (Phi) is 2.89. The fourth-order valence-electron chi connectivity index (χ4n) is 3.52. The zero-order chi connectivity index (χ0) is 12.8. The van der Waals surface area contributed by atoms with E-state index in [0.717, 1.165) is 19.3 Å². The third kappa shape index (κ3) is 1.65. The summed E-state index contributed by atoms with van der Waals surface area (Å²) in [5, 5.41) is 0. The van der Waals surface area contributed by atoms with E-state index in [-0.39, 0.29) is 16.9 Å². The van der Waals surface area contributed by atoms with Gasteiger partial charge in [-0.2, -0.15) is 0 Å². The Morgan fingerprint density at radius 3 is 2.29 bits per heavy atom. The van der Waals surface area contributed by atoms with Crippen LogP contribution >= 0.6 is 11.9 Å². The Morgan fingerprint density at radius 2 is 1.88 bits per heavy atom. The normalized spacial score (nSPS) is 37.9. The lowest BCUT2D eigenvalue weighted by atomic mass is 9.70. The fourth-order valence-corrected chi connectivity index (χ4v) is 3.58. The van der Waals surface area contributed by atoms with Crippen LogP contribution in [-0.4, -0.2) is 18.0 Å². The molecule has 2 rings (SSSR count). The van der Waals surface area contributed by atoms with Crippen molar-refractivity contribution in [2.75, 3.05) is 0 Å². The second-order valence-electron chi connectivity index (χ2n) is 5.87. The third-order valence-electron chi connectivity index (χ3n) is 5.20. The summed E-state index contributed by atoms with van der Waals surface area (Å²) in [4.78, 5) is 22.3. The average Bonchev–Trinajstić information content (AvgIpc) is 2.60. The monoisotopic (exact) mass is 260 g/mol. The lowest BCUT2D eigenvalue weighted by Gasteiger charge is -2.38. The molecule has 2 bridgehead atoms. The molecule has 0 aromatic heterocycles. The van der Waals surface area contributed by atoms with Crippen LogP contribution in [0.15, 0.2) is 0 Å². The minimum atomic E-state index is -1.14. The number of carbonyl (C=O) groups excluding carboxylic acids is 2. The maximum absolute atomic E-state index is 11.4. The van der Waals surface area contributed by atoms with Gasteiger partial charge in [0.2, 0.25) is 0 Å². The molecule has 2 aliphatic rings. The molecule has 17 heavy (non-hydrogen) atoms. The van der Waals surface area contributed by atoms with Crippen LogP contribution < -0.4 is 0 Å². The van der Waals surface area contributed by atoms with Crippen LogP contribution in [0.25, 0.3) is 0 Å². The van der Waals surface area contributed by atoms with Crippen molar-refractivity contribution in [1.29, 1.82) is 0 Å². The van der Waals surface area contributed by atoms with Crippen molar-refractivity contribution in [2.45, 2.75) is 46.1 Å². The molecule has 0 aromatic carbocycles. The van der Waals surface area contributed by atoms with Gasteiger partial charge >= 0.3 is 11.9 Å². The summed E-state index contributed by atoms with van der Waals surface area (Å²) in [6.45, 7) is 6.54. The number of carbonyl (C=O) groups is 2. The summed E-state index contributed by atoms with van der Waals surface area (Å²) in [7, 11) is 0. The molecule has 0 aromatic rings.